The van der Waals surface area contributed by atoms with Gasteiger partial charge in [0.15, 0.2) is 0 Å². The second kappa shape index (κ2) is 6.80. The molecule has 5 nitrogen and oxygen atoms in total. The number of H-pyrrole nitrogens is 2. The summed E-state index contributed by atoms with van der Waals surface area (Å²) in [5, 5.41) is 2.24. The summed E-state index contributed by atoms with van der Waals surface area (Å²) in [5.74, 6) is -0.464. The number of primary amides is 1. The number of pyridine rings is 1. The van der Waals surface area contributed by atoms with E-state index in [0.29, 0.717) is 0 Å². The Morgan fingerprint density at radius 1 is 0.931 bits per heavy atom. The summed E-state index contributed by atoms with van der Waals surface area (Å²) in [6, 6.07) is 18.4. The third kappa shape index (κ3) is 3.08. The fourth-order valence-electron chi connectivity index (χ4n) is 3.70. The van der Waals surface area contributed by atoms with Crippen LogP contribution < -0.4 is 5.73 Å². The molecule has 0 saturated carbocycles. The number of aromatic amines is 2. The summed E-state index contributed by atoms with van der Waals surface area (Å²) in [5.41, 5.74) is 12.4. The Morgan fingerprint density at radius 2 is 1.83 bits per heavy atom. The zero-order chi connectivity index (χ0) is 19.8. The lowest BCUT2D eigenvalue weighted by Crippen LogP contribution is -2.05. The molecule has 0 aliphatic heterocycles. The predicted molar refractivity (Wildman–Crippen MR) is 117 cm³/mol. The second-order valence-electron chi connectivity index (χ2n) is 6.93. The monoisotopic (exact) mass is 378 g/mol. The van der Waals surface area contributed by atoms with Gasteiger partial charge in [-0.25, -0.2) is 4.98 Å². The van der Waals surface area contributed by atoms with Gasteiger partial charge in [0, 0.05) is 52.1 Å². The summed E-state index contributed by atoms with van der Waals surface area (Å²) in [6.07, 6.45) is 8.90. The molecule has 0 atom stereocenters. The fourth-order valence-corrected chi connectivity index (χ4v) is 3.70. The Kier molecular flexibility index (Phi) is 3.99. The van der Waals surface area contributed by atoms with Gasteiger partial charge in [-0.05, 0) is 47.0 Å². The average molecular weight is 378 g/mol. The van der Waals surface area contributed by atoms with Crippen molar-refractivity contribution >= 4 is 33.9 Å². The largest absolute Gasteiger partial charge is 0.366 e. The molecule has 4 N–H and O–H groups in total. The van der Waals surface area contributed by atoms with Gasteiger partial charge >= 0.3 is 0 Å². The zero-order valence-electron chi connectivity index (χ0n) is 15.5. The lowest BCUT2D eigenvalue weighted by molar-refractivity contribution is -0.113. The van der Waals surface area contributed by atoms with E-state index in [1.54, 1.807) is 6.08 Å². The van der Waals surface area contributed by atoms with Crippen LogP contribution >= 0.6 is 0 Å². The van der Waals surface area contributed by atoms with Gasteiger partial charge in [-0.3, -0.25) is 4.79 Å². The van der Waals surface area contributed by atoms with Gasteiger partial charge < -0.3 is 15.7 Å². The maximum atomic E-state index is 11.0. The molecule has 0 saturated heterocycles. The summed E-state index contributed by atoms with van der Waals surface area (Å²) >= 11 is 0. The number of nitrogens with zero attached hydrogens (tertiary/aromatic N) is 1. The Morgan fingerprint density at radius 3 is 2.72 bits per heavy atom. The third-order valence-electron chi connectivity index (χ3n) is 5.08. The number of hydrogen-bond acceptors (Lipinski definition) is 2. The lowest BCUT2D eigenvalue weighted by Gasteiger charge is -2.06. The van der Waals surface area contributed by atoms with Gasteiger partial charge in [0.05, 0.1) is 0 Å². The van der Waals surface area contributed by atoms with Crippen LogP contribution in [0.4, 0.5) is 0 Å². The molecule has 0 bridgehead atoms. The quantitative estimate of drug-likeness (QED) is 0.389. The van der Waals surface area contributed by atoms with Gasteiger partial charge in [-0.15, -0.1) is 0 Å². The summed E-state index contributed by atoms with van der Waals surface area (Å²) in [4.78, 5) is 22.2. The highest BCUT2D eigenvalue weighted by atomic mass is 16.1. The van der Waals surface area contributed by atoms with Gasteiger partial charge in [-0.2, -0.15) is 0 Å². The molecule has 0 radical (unpaired) electrons. The van der Waals surface area contributed by atoms with E-state index in [1.807, 2.05) is 42.9 Å². The van der Waals surface area contributed by atoms with Crippen molar-refractivity contribution in [2.24, 2.45) is 5.73 Å². The van der Waals surface area contributed by atoms with Crippen LogP contribution in [-0.2, 0) is 4.79 Å². The molecule has 0 aliphatic rings. The highest BCUT2D eigenvalue weighted by molar-refractivity contribution is 6.04. The normalized spacial score (nSPS) is 11.6. The van der Waals surface area contributed by atoms with Crippen molar-refractivity contribution in [3.05, 3.63) is 84.8 Å². The maximum absolute atomic E-state index is 11.0. The van der Waals surface area contributed by atoms with Crippen molar-refractivity contribution < 1.29 is 4.79 Å². The van der Waals surface area contributed by atoms with Crippen LogP contribution in [0.1, 0.15) is 5.56 Å². The fraction of sp³-hybridized carbons (Fsp3) is 0. The molecule has 0 aliphatic carbocycles. The minimum absolute atomic E-state index is 0.464. The standard InChI is InChI=1S/C24H18N4O/c25-23(29)8-7-15-3-1-4-16(11-15)17-12-20-21(14-28-24(20)27-13-17)18-5-2-6-22-19(18)9-10-26-22/h1-14,26H,(H2,25,29)(H,27,28). The van der Waals surface area contributed by atoms with Crippen molar-refractivity contribution in [3.8, 4) is 22.3 Å². The molecule has 3 heterocycles. The maximum Gasteiger partial charge on any atom is 0.241 e. The number of carbonyl (C=O) groups excluding carboxylic acids is 1. The van der Waals surface area contributed by atoms with E-state index in [2.05, 4.69) is 45.3 Å². The Hall–Kier alpha value is -4.12. The molecule has 0 unspecified atom stereocenters. The van der Waals surface area contributed by atoms with Gasteiger partial charge in [0.25, 0.3) is 0 Å². The predicted octanol–water partition coefficient (Wildman–Crippen LogP) is 4.88. The minimum atomic E-state index is -0.464. The second-order valence-corrected chi connectivity index (χ2v) is 6.93. The highest BCUT2D eigenvalue weighted by Gasteiger charge is 2.12. The van der Waals surface area contributed by atoms with Crippen LogP contribution in [-0.4, -0.2) is 20.9 Å². The summed E-state index contributed by atoms with van der Waals surface area (Å²) in [6.45, 7) is 0. The van der Waals surface area contributed by atoms with Crippen molar-refractivity contribution in [2.75, 3.05) is 0 Å². The first kappa shape index (κ1) is 17.0. The summed E-state index contributed by atoms with van der Waals surface area (Å²) < 4.78 is 0. The van der Waals surface area contributed by atoms with E-state index in [9.17, 15) is 4.79 Å². The first-order chi connectivity index (χ1) is 14.2. The Labute approximate surface area is 166 Å². The molecule has 0 spiro atoms. The Bertz CT molecular complexity index is 1390. The first-order valence-corrected chi connectivity index (χ1v) is 9.30. The number of rotatable bonds is 4. The molecule has 0 fully saturated rings. The molecule has 29 heavy (non-hydrogen) atoms. The first-order valence-electron chi connectivity index (χ1n) is 9.30. The van der Waals surface area contributed by atoms with Crippen LogP contribution in [0.15, 0.2) is 79.3 Å². The number of aromatic nitrogens is 3. The van der Waals surface area contributed by atoms with E-state index in [4.69, 9.17) is 5.73 Å². The van der Waals surface area contributed by atoms with Crippen LogP contribution in [0.25, 0.3) is 50.3 Å². The number of amides is 1. The molecule has 5 heteroatoms. The van der Waals surface area contributed by atoms with Crippen molar-refractivity contribution in [1.29, 1.82) is 0 Å². The Balaban J connectivity index is 1.63. The molecule has 3 aromatic heterocycles. The number of benzene rings is 2. The summed E-state index contributed by atoms with van der Waals surface area (Å²) in [7, 11) is 0. The van der Waals surface area contributed by atoms with E-state index < -0.39 is 5.91 Å². The SMILES string of the molecule is NC(=O)C=Cc1cccc(-c2cnc3[nH]cc(-c4cccc5[nH]ccc45)c3c2)c1. The molecular weight excluding hydrogens is 360 g/mol. The zero-order valence-corrected chi connectivity index (χ0v) is 15.5. The smallest absolute Gasteiger partial charge is 0.241 e. The van der Waals surface area contributed by atoms with E-state index >= 15 is 0 Å². The van der Waals surface area contributed by atoms with Crippen LogP contribution in [0.2, 0.25) is 0 Å². The molecular formula is C24H18N4O. The van der Waals surface area contributed by atoms with Crippen molar-refractivity contribution in [1.82, 2.24) is 15.0 Å². The number of nitrogens with one attached hydrogen (secondary N) is 2. The van der Waals surface area contributed by atoms with Gasteiger partial charge in [0.1, 0.15) is 5.65 Å². The molecule has 5 rings (SSSR count). The molecule has 1 amide bonds. The molecule has 2 aromatic carbocycles. The van der Waals surface area contributed by atoms with Gasteiger partial charge in [0.2, 0.25) is 5.91 Å². The number of nitrogens with two attached hydrogens (primary N) is 1. The van der Waals surface area contributed by atoms with Crippen molar-refractivity contribution in [3.63, 3.8) is 0 Å². The number of fused-ring (bicyclic) bond motifs is 2. The van der Waals surface area contributed by atoms with E-state index in [1.165, 1.54) is 11.5 Å². The average Bonchev–Trinajstić information content (AvgIpc) is 3.38. The third-order valence-corrected chi connectivity index (χ3v) is 5.08. The number of hydrogen-bond donors (Lipinski definition) is 3. The van der Waals surface area contributed by atoms with Crippen LogP contribution in [0.5, 0.6) is 0 Å². The minimum Gasteiger partial charge on any atom is -0.366 e. The molecule has 140 valence electrons. The van der Waals surface area contributed by atoms with Crippen LogP contribution in [0.3, 0.4) is 0 Å². The lowest BCUT2D eigenvalue weighted by atomic mass is 9.99. The van der Waals surface area contributed by atoms with Crippen molar-refractivity contribution in [2.45, 2.75) is 0 Å². The number of carbonyl (C=O) groups is 1. The van der Waals surface area contributed by atoms with E-state index in [0.717, 1.165) is 44.4 Å². The van der Waals surface area contributed by atoms with Gasteiger partial charge in [-0.1, -0.05) is 30.3 Å². The topological polar surface area (TPSA) is 87.6 Å². The van der Waals surface area contributed by atoms with Crippen LogP contribution in [0, 0.1) is 0 Å². The van der Waals surface area contributed by atoms with E-state index in [-0.39, 0.29) is 0 Å². The molecule has 5 aromatic rings. The highest BCUT2D eigenvalue weighted by Crippen LogP contribution is 2.35.